The zero-order chi connectivity index (χ0) is 19.8. The summed E-state index contributed by atoms with van der Waals surface area (Å²) in [6, 6.07) is 9.21. The first kappa shape index (κ1) is 18.4. The monoisotopic (exact) mass is 395 g/mol. The fourth-order valence-corrected chi connectivity index (χ4v) is 4.75. The largest absolute Gasteiger partial charge is 0.368 e. The van der Waals surface area contributed by atoms with E-state index in [1.54, 1.807) is 15.8 Å². The number of fused-ring (bicyclic) bond motifs is 1. The second-order valence-corrected chi connectivity index (χ2v) is 7.99. The van der Waals surface area contributed by atoms with Gasteiger partial charge in [0.05, 0.1) is 16.9 Å². The molecule has 0 saturated heterocycles. The Labute approximate surface area is 166 Å². The second-order valence-electron chi connectivity index (χ2n) is 6.91. The number of primary amides is 1. The SMILES string of the molecule is Cc1nc(Cc2ccccc2)sc1C(=O)N1CCc2c(cnn2C)C1C(N)=O. The molecular weight excluding hydrogens is 374 g/mol. The molecule has 2 N–H and O–H groups in total. The molecule has 1 aliphatic rings. The molecule has 1 unspecified atom stereocenters. The van der Waals surface area contributed by atoms with Gasteiger partial charge in [-0.25, -0.2) is 4.98 Å². The van der Waals surface area contributed by atoms with Crippen molar-refractivity contribution < 1.29 is 9.59 Å². The van der Waals surface area contributed by atoms with Crippen LogP contribution in [0.4, 0.5) is 0 Å². The maximum Gasteiger partial charge on any atom is 0.266 e. The number of carbonyl (C=O) groups excluding carboxylic acids is 2. The first-order valence-corrected chi connectivity index (χ1v) is 9.88. The van der Waals surface area contributed by atoms with Crippen molar-refractivity contribution in [2.24, 2.45) is 12.8 Å². The lowest BCUT2D eigenvalue weighted by Gasteiger charge is -2.33. The molecule has 0 bridgehead atoms. The number of carbonyl (C=O) groups is 2. The van der Waals surface area contributed by atoms with Crippen molar-refractivity contribution in [3.05, 3.63) is 68.9 Å². The van der Waals surface area contributed by atoms with Crippen LogP contribution in [0.2, 0.25) is 0 Å². The number of hydrogen-bond acceptors (Lipinski definition) is 5. The van der Waals surface area contributed by atoms with Gasteiger partial charge in [0.15, 0.2) is 0 Å². The average Bonchev–Trinajstić information content (AvgIpc) is 3.23. The summed E-state index contributed by atoms with van der Waals surface area (Å²) in [5, 5.41) is 5.10. The van der Waals surface area contributed by atoms with Crippen LogP contribution in [-0.4, -0.2) is 38.0 Å². The lowest BCUT2D eigenvalue weighted by molar-refractivity contribution is -0.123. The molecular formula is C20H21N5O2S. The summed E-state index contributed by atoms with van der Waals surface area (Å²) in [5.74, 6) is -0.749. The van der Waals surface area contributed by atoms with Crippen molar-refractivity contribution in [2.45, 2.75) is 25.8 Å². The van der Waals surface area contributed by atoms with Crippen LogP contribution in [0.5, 0.6) is 0 Å². The molecule has 0 aliphatic carbocycles. The Kier molecular flexibility index (Phi) is 4.72. The molecule has 1 aliphatic heterocycles. The Bertz CT molecular complexity index is 1040. The van der Waals surface area contributed by atoms with Gasteiger partial charge in [-0.05, 0) is 12.5 Å². The molecule has 0 radical (unpaired) electrons. The van der Waals surface area contributed by atoms with Crippen LogP contribution in [-0.2, 0) is 24.7 Å². The highest BCUT2D eigenvalue weighted by Gasteiger charge is 2.38. The Balaban J connectivity index is 1.63. The van der Waals surface area contributed by atoms with Gasteiger partial charge in [0.2, 0.25) is 5.91 Å². The zero-order valence-corrected chi connectivity index (χ0v) is 16.6. The summed E-state index contributed by atoms with van der Waals surface area (Å²) in [4.78, 5) is 32.2. The van der Waals surface area contributed by atoms with Gasteiger partial charge in [0.25, 0.3) is 5.91 Å². The van der Waals surface area contributed by atoms with Crippen LogP contribution in [0.25, 0.3) is 0 Å². The number of nitrogens with zero attached hydrogens (tertiary/aromatic N) is 4. The van der Waals surface area contributed by atoms with Crippen molar-refractivity contribution in [3.8, 4) is 0 Å². The van der Waals surface area contributed by atoms with E-state index in [2.05, 4.69) is 10.1 Å². The van der Waals surface area contributed by atoms with E-state index < -0.39 is 11.9 Å². The number of rotatable bonds is 4. The number of benzene rings is 1. The first-order chi connectivity index (χ1) is 13.5. The molecule has 0 saturated carbocycles. The van der Waals surface area contributed by atoms with Gasteiger partial charge >= 0.3 is 0 Å². The summed E-state index contributed by atoms with van der Waals surface area (Å²) >= 11 is 1.38. The van der Waals surface area contributed by atoms with Gasteiger partial charge in [-0.2, -0.15) is 5.10 Å². The van der Waals surface area contributed by atoms with E-state index in [1.165, 1.54) is 11.3 Å². The van der Waals surface area contributed by atoms with Gasteiger partial charge < -0.3 is 10.6 Å². The molecule has 28 heavy (non-hydrogen) atoms. The maximum absolute atomic E-state index is 13.3. The van der Waals surface area contributed by atoms with E-state index >= 15 is 0 Å². The highest BCUT2D eigenvalue weighted by atomic mass is 32.1. The maximum atomic E-state index is 13.3. The van der Waals surface area contributed by atoms with Crippen LogP contribution in [0.3, 0.4) is 0 Å². The standard InChI is InChI=1S/C20H21N5O2S/c1-12-18(28-16(23-12)10-13-6-4-3-5-7-13)20(27)25-9-8-15-14(11-22-24(15)2)17(25)19(21)26/h3-7,11,17H,8-10H2,1-2H3,(H2,21,26). The molecule has 144 valence electrons. The zero-order valence-electron chi connectivity index (χ0n) is 15.8. The second kappa shape index (κ2) is 7.20. The van der Waals surface area contributed by atoms with Crippen molar-refractivity contribution in [1.29, 1.82) is 0 Å². The molecule has 8 heteroatoms. The van der Waals surface area contributed by atoms with Crippen molar-refractivity contribution in [2.75, 3.05) is 6.54 Å². The Morgan fingerprint density at radius 2 is 2.04 bits per heavy atom. The van der Waals surface area contributed by atoms with Gasteiger partial charge in [0.1, 0.15) is 10.9 Å². The minimum atomic E-state index is -0.802. The highest BCUT2D eigenvalue weighted by Crippen LogP contribution is 2.32. The summed E-state index contributed by atoms with van der Waals surface area (Å²) in [5.41, 5.74) is 9.14. The van der Waals surface area contributed by atoms with Crippen LogP contribution >= 0.6 is 11.3 Å². The smallest absolute Gasteiger partial charge is 0.266 e. The van der Waals surface area contributed by atoms with Crippen molar-refractivity contribution >= 4 is 23.2 Å². The predicted octanol–water partition coefficient (Wildman–Crippen LogP) is 2.00. The number of thiazole rings is 1. The van der Waals surface area contributed by atoms with E-state index in [1.807, 2.05) is 44.3 Å². The predicted molar refractivity (Wildman–Crippen MR) is 106 cm³/mol. The molecule has 1 atom stereocenters. The van der Waals surface area contributed by atoms with Crippen LogP contribution < -0.4 is 5.73 Å². The molecule has 4 rings (SSSR count). The molecule has 1 aromatic carbocycles. The molecule has 7 nitrogen and oxygen atoms in total. The number of aromatic nitrogens is 3. The molecule has 3 heterocycles. The fourth-order valence-electron chi connectivity index (χ4n) is 3.69. The minimum absolute atomic E-state index is 0.201. The molecule has 0 fully saturated rings. The van der Waals surface area contributed by atoms with E-state index in [0.29, 0.717) is 35.5 Å². The number of aryl methyl sites for hydroxylation is 2. The normalized spacial score (nSPS) is 16.1. The van der Waals surface area contributed by atoms with E-state index in [4.69, 9.17) is 5.73 Å². The van der Waals surface area contributed by atoms with Crippen LogP contribution in [0.15, 0.2) is 36.5 Å². The highest BCUT2D eigenvalue weighted by molar-refractivity contribution is 7.13. The Hall–Kier alpha value is -3.00. The molecule has 0 spiro atoms. The fraction of sp³-hybridized carbons (Fsp3) is 0.300. The number of hydrogen-bond donors (Lipinski definition) is 1. The van der Waals surface area contributed by atoms with Crippen LogP contribution in [0, 0.1) is 6.92 Å². The topological polar surface area (TPSA) is 94.1 Å². The summed E-state index contributed by atoms with van der Waals surface area (Å²) in [6.45, 7) is 2.25. The van der Waals surface area contributed by atoms with Gasteiger partial charge in [-0.3, -0.25) is 14.3 Å². The molecule has 3 aromatic rings. The Morgan fingerprint density at radius 3 is 2.75 bits per heavy atom. The van der Waals surface area contributed by atoms with E-state index in [9.17, 15) is 9.59 Å². The summed E-state index contributed by atoms with van der Waals surface area (Å²) in [7, 11) is 1.83. The molecule has 2 amide bonds. The third-order valence-corrected chi connectivity index (χ3v) is 6.20. The van der Waals surface area contributed by atoms with E-state index in [-0.39, 0.29) is 5.91 Å². The first-order valence-electron chi connectivity index (χ1n) is 9.07. The summed E-state index contributed by atoms with van der Waals surface area (Å²) < 4.78 is 1.74. The lowest BCUT2D eigenvalue weighted by Crippen LogP contribution is -2.45. The third kappa shape index (κ3) is 3.20. The third-order valence-electron chi connectivity index (χ3n) is 5.05. The van der Waals surface area contributed by atoms with Crippen LogP contribution in [0.1, 0.15) is 43.2 Å². The number of nitrogens with two attached hydrogens (primary N) is 1. The van der Waals surface area contributed by atoms with Gasteiger partial charge in [-0.1, -0.05) is 30.3 Å². The molecule has 2 aromatic heterocycles. The minimum Gasteiger partial charge on any atom is -0.368 e. The number of amides is 2. The Morgan fingerprint density at radius 1 is 1.29 bits per heavy atom. The van der Waals surface area contributed by atoms with Crippen molar-refractivity contribution in [1.82, 2.24) is 19.7 Å². The van der Waals surface area contributed by atoms with E-state index in [0.717, 1.165) is 16.3 Å². The van der Waals surface area contributed by atoms with Gasteiger partial charge in [-0.15, -0.1) is 11.3 Å². The average molecular weight is 395 g/mol. The van der Waals surface area contributed by atoms with Crippen molar-refractivity contribution in [3.63, 3.8) is 0 Å². The lowest BCUT2D eigenvalue weighted by atomic mass is 9.98. The quantitative estimate of drug-likeness (QED) is 0.731. The van der Waals surface area contributed by atoms with Gasteiger partial charge in [0, 0.05) is 37.7 Å². The summed E-state index contributed by atoms with van der Waals surface area (Å²) in [6.07, 6.45) is 2.94.